The van der Waals surface area contributed by atoms with Crippen LogP contribution in [-0.4, -0.2) is 0 Å². The van der Waals surface area contributed by atoms with Gasteiger partial charge in [0.05, 0.1) is 0 Å². The van der Waals surface area contributed by atoms with Crippen LogP contribution in [0.15, 0.2) is 72.8 Å². The Morgan fingerprint density at radius 2 is 0.617 bits per heavy atom. The van der Waals surface area contributed by atoms with Crippen LogP contribution >= 0.6 is 0 Å². The van der Waals surface area contributed by atoms with Crippen LogP contribution in [0.1, 0.15) is 157 Å². The van der Waals surface area contributed by atoms with Crippen LogP contribution < -0.4 is 0 Å². The van der Waals surface area contributed by atoms with Gasteiger partial charge in [0.25, 0.3) is 0 Å². The zero-order chi connectivity index (χ0) is 32.8. The Bertz CT molecular complexity index is 1210. The Balaban J connectivity index is 0.000000185. The summed E-state index contributed by atoms with van der Waals surface area (Å²) >= 11 is 0. The highest BCUT2D eigenvalue weighted by atomic mass is 14.3. The number of hydrogen-bond donors (Lipinski definition) is 0. The van der Waals surface area contributed by atoms with Crippen LogP contribution in [0, 0.1) is 42.4 Å². The van der Waals surface area contributed by atoms with Crippen molar-refractivity contribution >= 4 is 0 Å². The normalized spacial score (nSPS) is 26.3. The van der Waals surface area contributed by atoms with Crippen molar-refractivity contribution in [3.63, 3.8) is 0 Å². The van der Waals surface area contributed by atoms with Crippen LogP contribution in [0.3, 0.4) is 0 Å². The molecule has 0 spiro atoms. The van der Waals surface area contributed by atoms with E-state index in [1.165, 1.54) is 71.9 Å². The first-order valence-electron chi connectivity index (χ1n) is 20.2. The molecule has 0 nitrogen and oxygen atoms in total. The van der Waals surface area contributed by atoms with E-state index in [2.05, 4.69) is 100 Å². The van der Waals surface area contributed by atoms with Crippen molar-refractivity contribution in [2.45, 2.75) is 150 Å². The molecular weight excluding hydrogens is 565 g/mol. The average Bonchev–Trinajstić information content (AvgIpc) is 3.12. The van der Waals surface area contributed by atoms with E-state index in [9.17, 15) is 0 Å². The van der Waals surface area contributed by atoms with Crippen LogP contribution in [0.4, 0.5) is 0 Å². The predicted octanol–water partition coefficient (Wildman–Crippen LogP) is 13.7. The number of rotatable bonds is 11. The molecule has 0 N–H and O–H groups in total. The summed E-state index contributed by atoms with van der Waals surface area (Å²) < 4.78 is 0. The average molecular weight is 633 g/mol. The maximum Gasteiger partial charge on any atom is -0.00258 e. The van der Waals surface area contributed by atoms with Gasteiger partial charge in [-0.2, -0.15) is 0 Å². The van der Waals surface area contributed by atoms with Gasteiger partial charge in [-0.3, -0.25) is 0 Å². The zero-order valence-corrected chi connectivity index (χ0v) is 30.8. The van der Waals surface area contributed by atoms with Crippen molar-refractivity contribution < 1.29 is 0 Å². The van der Waals surface area contributed by atoms with Crippen molar-refractivity contribution in [1.29, 1.82) is 0 Å². The Kier molecular flexibility index (Phi) is 14.5. The van der Waals surface area contributed by atoms with Crippen LogP contribution in [-0.2, 0) is 19.3 Å². The van der Waals surface area contributed by atoms with Gasteiger partial charge >= 0.3 is 0 Å². The first kappa shape index (κ1) is 36.0. The molecule has 0 heteroatoms. The molecule has 0 aliphatic heterocycles. The molecule has 3 aromatic rings. The van der Waals surface area contributed by atoms with E-state index in [4.69, 9.17) is 0 Å². The topological polar surface area (TPSA) is 0 Å². The van der Waals surface area contributed by atoms with Gasteiger partial charge in [-0.25, -0.2) is 0 Å². The molecule has 3 aliphatic rings. The summed E-state index contributed by atoms with van der Waals surface area (Å²) in [6, 6.07) is 26.8. The second-order valence-electron chi connectivity index (χ2n) is 16.3. The molecule has 3 saturated carbocycles. The van der Waals surface area contributed by atoms with Crippen molar-refractivity contribution in [3.05, 3.63) is 106 Å². The summed E-state index contributed by atoms with van der Waals surface area (Å²) in [7, 11) is 0. The van der Waals surface area contributed by atoms with Crippen LogP contribution in [0.2, 0.25) is 0 Å². The van der Waals surface area contributed by atoms with Gasteiger partial charge in [0, 0.05) is 0 Å². The van der Waals surface area contributed by atoms with Gasteiger partial charge < -0.3 is 0 Å². The van der Waals surface area contributed by atoms with Crippen molar-refractivity contribution in [3.8, 4) is 0 Å². The summed E-state index contributed by atoms with van der Waals surface area (Å²) in [5.74, 6) is 6.53. The fraction of sp³-hybridized carbons (Fsp3) is 0.617. The molecule has 3 aliphatic carbocycles. The highest BCUT2D eigenvalue weighted by Gasteiger charge is 2.29. The molecule has 0 amide bonds. The third-order valence-electron chi connectivity index (χ3n) is 12.8. The molecule has 0 atom stereocenters. The summed E-state index contributed by atoms with van der Waals surface area (Å²) in [5.41, 5.74) is 8.23. The van der Waals surface area contributed by atoms with Crippen molar-refractivity contribution in [2.75, 3.05) is 0 Å². The molecule has 0 radical (unpaired) electrons. The van der Waals surface area contributed by atoms with E-state index >= 15 is 0 Å². The van der Waals surface area contributed by atoms with Gasteiger partial charge in [0.2, 0.25) is 0 Å². The lowest BCUT2D eigenvalue weighted by Crippen LogP contribution is -2.23. The molecule has 256 valence electrons. The second kappa shape index (κ2) is 19.0. The van der Waals surface area contributed by atoms with Gasteiger partial charge in [-0.15, -0.1) is 0 Å². The maximum atomic E-state index is 2.39. The molecule has 0 heterocycles. The molecule has 0 unspecified atom stereocenters. The van der Waals surface area contributed by atoms with Crippen LogP contribution in [0.25, 0.3) is 0 Å². The van der Waals surface area contributed by atoms with Crippen LogP contribution in [0.5, 0.6) is 0 Å². The highest BCUT2D eigenvalue weighted by Crippen LogP contribution is 2.42. The molecule has 47 heavy (non-hydrogen) atoms. The number of benzene rings is 3. The number of hydrogen-bond acceptors (Lipinski definition) is 0. The Morgan fingerprint density at radius 1 is 0.362 bits per heavy atom. The minimum atomic E-state index is 1.01. The largest absolute Gasteiger partial charge is 0.0651 e. The predicted molar refractivity (Wildman–Crippen MR) is 205 cm³/mol. The van der Waals surface area contributed by atoms with E-state index in [1.54, 1.807) is 64.2 Å². The van der Waals surface area contributed by atoms with E-state index in [0.29, 0.717) is 0 Å². The van der Waals surface area contributed by atoms with Crippen molar-refractivity contribution in [2.24, 2.45) is 35.5 Å². The summed E-state index contributed by atoms with van der Waals surface area (Å²) in [5, 5.41) is 0. The van der Waals surface area contributed by atoms with Gasteiger partial charge in [0.15, 0.2) is 0 Å². The van der Waals surface area contributed by atoms with E-state index in [-0.39, 0.29) is 0 Å². The maximum absolute atomic E-state index is 2.39. The monoisotopic (exact) mass is 633 g/mol. The van der Waals surface area contributed by atoms with Gasteiger partial charge in [0.1, 0.15) is 0 Å². The second-order valence-corrected chi connectivity index (χ2v) is 16.3. The molecule has 3 aromatic carbocycles. The molecule has 0 saturated heterocycles. The van der Waals surface area contributed by atoms with E-state index in [0.717, 1.165) is 54.8 Å². The fourth-order valence-electron chi connectivity index (χ4n) is 9.24. The Morgan fingerprint density at radius 3 is 0.894 bits per heavy atom. The van der Waals surface area contributed by atoms with E-state index < -0.39 is 0 Å². The lowest BCUT2D eigenvalue weighted by molar-refractivity contribution is 0.163. The SMILES string of the molecule is CCC1CCC(CC2CCC(CC3CCC(CC)CC3)CC2)CC1.CCc1ccc(Cc2ccc(Cc3ccc(C)cc3)cc2)cc1. The fourth-order valence-corrected chi connectivity index (χ4v) is 9.24. The molecule has 0 bridgehead atoms. The van der Waals surface area contributed by atoms with E-state index in [1.807, 2.05) is 0 Å². The molecular formula is C47H68. The lowest BCUT2D eigenvalue weighted by atomic mass is 9.70. The van der Waals surface area contributed by atoms with Gasteiger partial charge in [-0.1, -0.05) is 189 Å². The zero-order valence-electron chi connectivity index (χ0n) is 30.8. The minimum Gasteiger partial charge on any atom is -0.0651 e. The Hall–Kier alpha value is -2.34. The quantitative estimate of drug-likeness (QED) is 0.197. The first-order valence-corrected chi connectivity index (χ1v) is 20.2. The van der Waals surface area contributed by atoms with Crippen molar-refractivity contribution in [1.82, 2.24) is 0 Å². The van der Waals surface area contributed by atoms with Gasteiger partial charge in [-0.05, 0) is 102 Å². The third-order valence-corrected chi connectivity index (χ3v) is 12.8. The molecule has 3 fully saturated rings. The Labute approximate surface area is 290 Å². The number of aryl methyl sites for hydroxylation is 2. The summed E-state index contributed by atoms with van der Waals surface area (Å²) in [6.45, 7) is 9.11. The lowest BCUT2D eigenvalue weighted by Gasteiger charge is -2.36. The minimum absolute atomic E-state index is 1.01. The summed E-state index contributed by atoms with van der Waals surface area (Å²) in [6.07, 6.45) is 27.8. The first-order chi connectivity index (χ1) is 23.0. The molecule has 0 aromatic heterocycles. The molecule has 6 rings (SSSR count). The summed E-state index contributed by atoms with van der Waals surface area (Å²) in [4.78, 5) is 0. The smallest absolute Gasteiger partial charge is 0.00258 e. The standard InChI is InChI=1S/C24H44.C23H24/c1-3-19-5-9-21(10-6-19)17-23-13-15-24(16-14-23)18-22-11-7-20(4-2)8-12-22;1-3-19-8-10-21(11-9-19)17-23-14-12-22(13-15-23)16-20-6-4-18(2)5-7-20/h19-24H,3-18H2,1-2H3;4-15H,3,16-17H2,1-2H3. The highest BCUT2D eigenvalue weighted by molar-refractivity contribution is 5.33. The third kappa shape index (κ3) is 11.9.